The van der Waals surface area contributed by atoms with Crippen molar-refractivity contribution in [2.24, 2.45) is 5.92 Å². The highest BCUT2D eigenvalue weighted by Crippen LogP contribution is 2.44. The van der Waals surface area contributed by atoms with Crippen LogP contribution in [0.5, 0.6) is 11.5 Å². The SMILES string of the molecule is COc1ccc(N[C@](C(=O)OC(C)C)(c2ccccc2OC)C2CCOCC2)cc1. The van der Waals surface area contributed by atoms with Crippen molar-refractivity contribution < 1.29 is 23.7 Å². The molecule has 1 atom stereocenters. The maximum atomic E-state index is 13.8. The summed E-state index contributed by atoms with van der Waals surface area (Å²) in [5.41, 5.74) is 0.449. The van der Waals surface area contributed by atoms with E-state index in [2.05, 4.69) is 5.32 Å². The van der Waals surface area contributed by atoms with Gasteiger partial charge in [0, 0.05) is 30.4 Å². The number of para-hydroxylation sites is 1. The number of esters is 1. The molecule has 1 fully saturated rings. The Balaban J connectivity index is 2.17. The molecule has 0 aliphatic carbocycles. The van der Waals surface area contributed by atoms with Gasteiger partial charge in [-0.25, -0.2) is 4.79 Å². The number of carbonyl (C=O) groups excluding carboxylic acids is 1. The molecule has 0 amide bonds. The van der Waals surface area contributed by atoms with Gasteiger partial charge in [0.05, 0.1) is 20.3 Å². The van der Waals surface area contributed by atoms with Crippen molar-refractivity contribution >= 4 is 11.7 Å². The van der Waals surface area contributed by atoms with Gasteiger partial charge in [-0.1, -0.05) is 18.2 Å². The first kappa shape index (κ1) is 22.0. The molecule has 0 bridgehead atoms. The number of ether oxygens (including phenoxy) is 4. The van der Waals surface area contributed by atoms with Gasteiger partial charge < -0.3 is 24.3 Å². The summed E-state index contributed by atoms with van der Waals surface area (Å²) >= 11 is 0. The maximum Gasteiger partial charge on any atom is 0.337 e. The molecule has 1 aliphatic heterocycles. The van der Waals surface area contributed by atoms with Gasteiger partial charge in [-0.3, -0.25) is 0 Å². The Bertz CT molecular complexity index is 830. The molecule has 1 N–H and O–H groups in total. The van der Waals surface area contributed by atoms with Crippen molar-refractivity contribution in [1.82, 2.24) is 0 Å². The lowest BCUT2D eigenvalue weighted by Gasteiger charge is -2.43. The van der Waals surface area contributed by atoms with Gasteiger partial charge in [0.15, 0.2) is 5.54 Å². The molecule has 0 saturated carbocycles. The third-order valence-electron chi connectivity index (χ3n) is 5.46. The lowest BCUT2D eigenvalue weighted by molar-refractivity contribution is -0.157. The van der Waals surface area contributed by atoms with E-state index in [0.717, 1.165) is 29.8 Å². The summed E-state index contributed by atoms with van der Waals surface area (Å²) in [5.74, 6) is 1.05. The largest absolute Gasteiger partial charge is 0.497 e. The zero-order valence-corrected chi connectivity index (χ0v) is 18.1. The second-order valence-electron chi connectivity index (χ2n) is 7.70. The van der Waals surface area contributed by atoms with Crippen molar-refractivity contribution in [3.63, 3.8) is 0 Å². The minimum absolute atomic E-state index is 0.0316. The van der Waals surface area contributed by atoms with Crippen molar-refractivity contribution in [2.75, 3.05) is 32.8 Å². The first-order valence-electron chi connectivity index (χ1n) is 10.4. The molecule has 6 heteroatoms. The minimum atomic E-state index is -1.12. The maximum absolute atomic E-state index is 13.8. The van der Waals surface area contributed by atoms with Crippen molar-refractivity contribution in [3.05, 3.63) is 54.1 Å². The fourth-order valence-electron chi connectivity index (χ4n) is 4.03. The monoisotopic (exact) mass is 413 g/mol. The molecule has 1 aliphatic rings. The van der Waals surface area contributed by atoms with Crippen molar-refractivity contribution in [3.8, 4) is 11.5 Å². The highest BCUT2D eigenvalue weighted by atomic mass is 16.5. The molecule has 30 heavy (non-hydrogen) atoms. The number of hydrogen-bond acceptors (Lipinski definition) is 6. The van der Waals surface area contributed by atoms with Gasteiger partial charge in [-0.15, -0.1) is 0 Å². The van der Waals surface area contributed by atoms with E-state index in [1.807, 2.05) is 62.4 Å². The Morgan fingerprint density at radius 3 is 2.30 bits per heavy atom. The van der Waals surface area contributed by atoms with E-state index in [0.29, 0.717) is 19.0 Å². The molecule has 0 spiro atoms. The van der Waals surface area contributed by atoms with E-state index in [1.165, 1.54) is 0 Å². The summed E-state index contributed by atoms with van der Waals surface area (Å²) < 4.78 is 22.4. The van der Waals surface area contributed by atoms with Crippen molar-refractivity contribution in [2.45, 2.75) is 38.3 Å². The van der Waals surface area contributed by atoms with Gasteiger partial charge in [0.2, 0.25) is 0 Å². The molecule has 2 aromatic rings. The van der Waals surface area contributed by atoms with Crippen LogP contribution < -0.4 is 14.8 Å². The topological polar surface area (TPSA) is 66.0 Å². The normalized spacial score (nSPS) is 16.6. The second kappa shape index (κ2) is 9.85. The minimum Gasteiger partial charge on any atom is -0.497 e. The second-order valence-corrected chi connectivity index (χ2v) is 7.70. The van der Waals surface area contributed by atoms with Crippen LogP contribution in [0.2, 0.25) is 0 Å². The fourth-order valence-corrected chi connectivity index (χ4v) is 4.03. The van der Waals surface area contributed by atoms with Gasteiger partial charge in [0.25, 0.3) is 0 Å². The quantitative estimate of drug-likeness (QED) is 0.648. The lowest BCUT2D eigenvalue weighted by Crippen LogP contribution is -2.53. The molecule has 0 aromatic heterocycles. The Morgan fingerprint density at radius 1 is 1.03 bits per heavy atom. The Kier molecular flexibility index (Phi) is 7.21. The Morgan fingerprint density at radius 2 is 1.70 bits per heavy atom. The summed E-state index contributed by atoms with van der Waals surface area (Å²) in [6.45, 7) is 4.92. The zero-order valence-electron chi connectivity index (χ0n) is 18.1. The summed E-state index contributed by atoms with van der Waals surface area (Å²) in [4.78, 5) is 13.8. The first-order valence-corrected chi connectivity index (χ1v) is 10.4. The van der Waals surface area contributed by atoms with Crippen LogP contribution in [0.25, 0.3) is 0 Å². The third-order valence-corrected chi connectivity index (χ3v) is 5.46. The number of methoxy groups -OCH3 is 2. The molecular formula is C24H31NO5. The highest BCUT2D eigenvalue weighted by molar-refractivity contribution is 5.88. The number of anilines is 1. The van der Waals surface area contributed by atoms with Crippen LogP contribution in [-0.4, -0.2) is 39.5 Å². The number of carbonyl (C=O) groups is 1. The standard InChI is InChI=1S/C24H31NO5/c1-17(2)30-23(26)24(18-13-15-29-16-14-18,21-7-5-6-8-22(21)28-4)25-19-9-11-20(27-3)12-10-19/h5-12,17-18,25H,13-16H2,1-4H3/t24-/m0/s1. The van der Waals surface area contributed by atoms with E-state index < -0.39 is 5.54 Å². The van der Waals surface area contributed by atoms with E-state index >= 15 is 0 Å². The average molecular weight is 414 g/mol. The summed E-state index contributed by atoms with van der Waals surface area (Å²) in [6, 6.07) is 15.2. The van der Waals surface area contributed by atoms with Gasteiger partial charge in [0.1, 0.15) is 11.5 Å². The van der Waals surface area contributed by atoms with Crippen LogP contribution in [0, 0.1) is 5.92 Å². The van der Waals surface area contributed by atoms with Crippen LogP contribution in [0.15, 0.2) is 48.5 Å². The van der Waals surface area contributed by atoms with Crippen LogP contribution in [0.3, 0.4) is 0 Å². The first-order chi connectivity index (χ1) is 14.5. The molecule has 162 valence electrons. The molecule has 0 unspecified atom stereocenters. The molecule has 1 heterocycles. The Labute approximate surface area is 178 Å². The highest BCUT2D eigenvalue weighted by Gasteiger charge is 2.51. The van der Waals surface area contributed by atoms with Gasteiger partial charge in [-0.2, -0.15) is 0 Å². The molecule has 1 saturated heterocycles. The molecule has 6 nitrogen and oxygen atoms in total. The van der Waals surface area contributed by atoms with Crippen LogP contribution >= 0.6 is 0 Å². The molecule has 3 rings (SSSR count). The van der Waals surface area contributed by atoms with Crippen LogP contribution in [0.4, 0.5) is 5.69 Å². The number of nitrogens with one attached hydrogen (secondary N) is 1. The predicted octanol–water partition coefficient (Wildman–Crippen LogP) is 4.39. The van der Waals surface area contributed by atoms with Crippen molar-refractivity contribution in [1.29, 1.82) is 0 Å². The molecular weight excluding hydrogens is 382 g/mol. The smallest absolute Gasteiger partial charge is 0.337 e. The summed E-state index contributed by atoms with van der Waals surface area (Å²) in [5, 5.41) is 3.54. The number of rotatable bonds is 8. The van der Waals surface area contributed by atoms with Gasteiger partial charge >= 0.3 is 5.97 Å². The third kappa shape index (κ3) is 4.54. The zero-order chi connectivity index (χ0) is 21.6. The molecule has 0 radical (unpaired) electrons. The fraction of sp³-hybridized carbons (Fsp3) is 0.458. The van der Waals surface area contributed by atoms with Gasteiger partial charge in [-0.05, 0) is 57.0 Å². The summed E-state index contributed by atoms with van der Waals surface area (Å²) in [6.07, 6.45) is 1.21. The van der Waals surface area contributed by atoms with E-state index in [-0.39, 0.29) is 18.0 Å². The number of hydrogen-bond donors (Lipinski definition) is 1. The average Bonchev–Trinajstić information content (AvgIpc) is 2.78. The summed E-state index contributed by atoms with van der Waals surface area (Å²) in [7, 11) is 3.25. The Hall–Kier alpha value is -2.73. The van der Waals surface area contributed by atoms with Crippen LogP contribution in [-0.2, 0) is 19.8 Å². The van der Waals surface area contributed by atoms with E-state index in [4.69, 9.17) is 18.9 Å². The van der Waals surface area contributed by atoms with E-state index in [9.17, 15) is 4.79 Å². The number of benzene rings is 2. The van der Waals surface area contributed by atoms with E-state index in [1.54, 1.807) is 14.2 Å². The molecule has 2 aromatic carbocycles. The van der Waals surface area contributed by atoms with Crippen LogP contribution in [0.1, 0.15) is 32.3 Å². The lowest BCUT2D eigenvalue weighted by atomic mass is 9.73. The predicted molar refractivity (Wildman–Crippen MR) is 116 cm³/mol.